The highest BCUT2D eigenvalue weighted by Gasteiger charge is 2.58. The van der Waals surface area contributed by atoms with E-state index in [2.05, 4.69) is 4.98 Å². The van der Waals surface area contributed by atoms with Crippen molar-refractivity contribution in [2.45, 2.75) is 42.7 Å². The van der Waals surface area contributed by atoms with Crippen LogP contribution < -0.4 is 4.74 Å². The fourth-order valence-electron chi connectivity index (χ4n) is 3.02. The molecule has 1 aliphatic heterocycles. The smallest absolute Gasteiger partial charge is 0.454 e. The number of sulfone groups is 1. The van der Waals surface area contributed by atoms with Crippen LogP contribution in [0.5, 0.6) is 5.88 Å². The van der Waals surface area contributed by atoms with Gasteiger partial charge in [0.25, 0.3) is 0 Å². The van der Waals surface area contributed by atoms with E-state index in [4.69, 9.17) is 4.74 Å². The number of nitrogens with zero attached hydrogens (tertiary/aromatic N) is 2. The third-order valence-corrected chi connectivity index (χ3v) is 5.79. The van der Waals surface area contributed by atoms with Gasteiger partial charge in [0, 0.05) is 18.5 Å². The molecule has 0 N–H and O–H groups in total. The van der Waals surface area contributed by atoms with Crippen LogP contribution >= 0.6 is 0 Å². The maximum atomic E-state index is 13.1. The van der Waals surface area contributed by atoms with Gasteiger partial charge in [0.1, 0.15) is 0 Å². The molecule has 1 saturated heterocycles. The fourth-order valence-corrected chi connectivity index (χ4v) is 3.58. The Balaban J connectivity index is 1.66. The van der Waals surface area contributed by atoms with Gasteiger partial charge in [-0.05, 0) is 50.8 Å². The summed E-state index contributed by atoms with van der Waals surface area (Å²) in [7, 11) is -3.31. The van der Waals surface area contributed by atoms with E-state index < -0.39 is 28.5 Å². The minimum absolute atomic E-state index is 0.0997. The molecular weight excluding hydrogens is 407 g/mol. The van der Waals surface area contributed by atoms with Crippen molar-refractivity contribution < 1.29 is 35.1 Å². The van der Waals surface area contributed by atoms with Gasteiger partial charge in [-0.3, -0.25) is 4.90 Å². The van der Waals surface area contributed by atoms with Crippen LogP contribution in [-0.2, 0) is 9.84 Å². The highest BCUT2D eigenvalue weighted by molar-refractivity contribution is 7.90. The number of hydrogen-bond acceptors (Lipinski definition) is 5. The van der Waals surface area contributed by atoms with Gasteiger partial charge < -0.3 is 4.74 Å². The van der Waals surface area contributed by atoms with Gasteiger partial charge in [-0.15, -0.1) is 0 Å². The monoisotopic (exact) mass is 430 g/mol. The summed E-state index contributed by atoms with van der Waals surface area (Å²) in [4.78, 5) is 5.18. The van der Waals surface area contributed by atoms with E-state index in [0.29, 0.717) is 31.7 Å². The van der Waals surface area contributed by atoms with E-state index in [9.17, 15) is 30.4 Å². The lowest BCUT2D eigenvalue weighted by Gasteiger charge is -2.34. The quantitative estimate of drug-likeness (QED) is 0.466. The topological polar surface area (TPSA) is 59.5 Å². The van der Waals surface area contributed by atoms with Crippen LogP contribution in [0.1, 0.15) is 25.7 Å². The zero-order valence-corrected chi connectivity index (χ0v) is 16.2. The Morgan fingerprint density at radius 3 is 2.32 bits per heavy atom. The fraction of sp³-hybridized carbons (Fsp3) is 0.706. The summed E-state index contributed by atoms with van der Waals surface area (Å²) in [5.41, 5.74) is 0. The zero-order chi connectivity index (χ0) is 21.0. The maximum Gasteiger partial charge on any atom is 0.454 e. The highest BCUT2D eigenvalue weighted by Crippen LogP contribution is 2.36. The lowest BCUT2D eigenvalue weighted by atomic mass is 9.92. The molecule has 160 valence electrons. The molecule has 0 aliphatic carbocycles. The van der Waals surface area contributed by atoms with Crippen LogP contribution in [0.3, 0.4) is 0 Å². The van der Waals surface area contributed by atoms with Crippen LogP contribution in [0.15, 0.2) is 23.2 Å². The average Bonchev–Trinajstić information content (AvgIpc) is 2.58. The summed E-state index contributed by atoms with van der Waals surface area (Å²) in [6.45, 7) is -0.504. The Labute approximate surface area is 160 Å². The standard InChI is InChI=1S/C17H23F5N2O3S/c1-28(25,26)14-4-5-15(23-11-14)27-10-2-3-13-6-8-24(9-7-13)12-16(18,19)17(20,21)22/h4-5,11,13H,2-3,6-10,12H2,1H3. The largest absolute Gasteiger partial charge is 0.478 e. The second-order valence-electron chi connectivity index (χ2n) is 7.02. The summed E-state index contributed by atoms with van der Waals surface area (Å²) in [5.74, 6) is -4.13. The Hall–Kier alpha value is -1.49. The summed E-state index contributed by atoms with van der Waals surface area (Å²) < 4.78 is 91.1. The molecule has 0 aromatic carbocycles. The SMILES string of the molecule is CS(=O)(=O)c1ccc(OCCCC2CCN(CC(F)(F)C(F)(F)F)CC2)nc1. The van der Waals surface area contributed by atoms with Crippen molar-refractivity contribution >= 4 is 9.84 Å². The molecule has 1 aliphatic rings. The van der Waals surface area contributed by atoms with Crippen LogP contribution in [0.4, 0.5) is 22.0 Å². The second kappa shape index (κ2) is 8.89. The molecule has 0 bridgehead atoms. The number of piperidine rings is 1. The number of halogens is 5. The molecule has 2 rings (SSSR count). The average molecular weight is 430 g/mol. The van der Waals surface area contributed by atoms with Gasteiger partial charge in [-0.25, -0.2) is 13.4 Å². The first-order valence-electron chi connectivity index (χ1n) is 8.84. The number of pyridine rings is 1. The summed E-state index contributed by atoms with van der Waals surface area (Å²) >= 11 is 0. The Morgan fingerprint density at radius 1 is 1.18 bits per heavy atom. The van der Waals surface area contributed by atoms with Crippen molar-refractivity contribution in [1.29, 1.82) is 0 Å². The third-order valence-electron chi connectivity index (χ3n) is 4.69. The minimum Gasteiger partial charge on any atom is -0.478 e. The van der Waals surface area contributed by atoms with Gasteiger partial charge in [0.15, 0.2) is 9.84 Å². The molecule has 28 heavy (non-hydrogen) atoms. The number of rotatable bonds is 8. The number of likely N-dealkylation sites (tertiary alicyclic amines) is 1. The van der Waals surface area contributed by atoms with E-state index in [-0.39, 0.29) is 23.9 Å². The van der Waals surface area contributed by atoms with E-state index in [1.165, 1.54) is 18.3 Å². The molecule has 1 aromatic heterocycles. The van der Waals surface area contributed by atoms with E-state index >= 15 is 0 Å². The van der Waals surface area contributed by atoms with Crippen molar-refractivity contribution in [1.82, 2.24) is 9.88 Å². The maximum absolute atomic E-state index is 13.1. The summed E-state index contributed by atoms with van der Waals surface area (Å²) in [6, 6.07) is 2.87. The van der Waals surface area contributed by atoms with Crippen molar-refractivity contribution in [3.63, 3.8) is 0 Å². The molecule has 1 aromatic rings. The van der Waals surface area contributed by atoms with Crippen molar-refractivity contribution in [3.8, 4) is 5.88 Å². The van der Waals surface area contributed by atoms with Crippen molar-refractivity contribution in [3.05, 3.63) is 18.3 Å². The van der Waals surface area contributed by atoms with E-state index in [0.717, 1.165) is 17.6 Å². The first-order valence-corrected chi connectivity index (χ1v) is 10.7. The first-order chi connectivity index (χ1) is 12.9. The molecule has 5 nitrogen and oxygen atoms in total. The second-order valence-corrected chi connectivity index (χ2v) is 9.03. The number of alkyl halides is 5. The van der Waals surface area contributed by atoms with E-state index in [1.54, 1.807) is 0 Å². The summed E-state index contributed by atoms with van der Waals surface area (Å²) in [6.07, 6.45) is -0.639. The highest BCUT2D eigenvalue weighted by atomic mass is 32.2. The lowest BCUT2D eigenvalue weighted by Crippen LogP contribution is -2.49. The molecule has 11 heteroatoms. The Kier molecular flexibility index (Phi) is 7.24. The molecule has 0 saturated carbocycles. The minimum atomic E-state index is -5.52. The van der Waals surface area contributed by atoms with Gasteiger partial charge >= 0.3 is 12.1 Å². The van der Waals surface area contributed by atoms with Crippen molar-refractivity contribution in [2.24, 2.45) is 5.92 Å². The molecule has 0 spiro atoms. The molecule has 0 radical (unpaired) electrons. The molecule has 0 unspecified atom stereocenters. The third kappa shape index (κ3) is 6.54. The van der Waals surface area contributed by atoms with Crippen molar-refractivity contribution in [2.75, 3.05) is 32.5 Å². The Morgan fingerprint density at radius 2 is 1.82 bits per heavy atom. The van der Waals surface area contributed by atoms with Crippen LogP contribution in [0, 0.1) is 5.92 Å². The lowest BCUT2D eigenvalue weighted by molar-refractivity contribution is -0.287. The first kappa shape index (κ1) is 22.8. The van der Waals surface area contributed by atoms with E-state index in [1.807, 2.05) is 0 Å². The summed E-state index contributed by atoms with van der Waals surface area (Å²) in [5, 5.41) is 0. The normalized spacial score (nSPS) is 17.6. The van der Waals surface area contributed by atoms with Gasteiger partial charge in [-0.1, -0.05) is 0 Å². The van der Waals surface area contributed by atoms with Crippen LogP contribution in [0.25, 0.3) is 0 Å². The molecule has 0 atom stereocenters. The van der Waals surface area contributed by atoms with Gasteiger partial charge in [-0.2, -0.15) is 22.0 Å². The Bertz CT molecular complexity index is 730. The van der Waals surface area contributed by atoms with Crippen LogP contribution in [0.2, 0.25) is 0 Å². The van der Waals surface area contributed by atoms with Gasteiger partial charge in [0.05, 0.1) is 18.0 Å². The molecule has 2 heterocycles. The number of ether oxygens (including phenoxy) is 1. The molecular formula is C17H23F5N2O3S. The number of aromatic nitrogens is 1. The van der Waals surface area contributed by atoms with Crippen LogP contribution in [-0.4, -0.2) is 62.9 Å². The van der Waals surface area contributed by atoms with Gasteiger partial charge in [0.2, 0.25) is 5.88 Å². The predicted octanol–water partition coefficient (Wildman–Crippen LogP) is 3.55. The molecule has 1 fully saturated rings. The zero-order valence-electron chi connectivity index (χ0n) is 15.4. The number of hydrogen-bond donors (Lipinski definition) is 0. The predicted molar refractivity (Wildman–Crippen MR) is 92.2 cm³/mol. The molecule has 0 amide bonds.